The fraction of sp³-hybridized carbons (Fsp3) is 0.667. The van der Waals surface area contributed by atoms with Crippen LogP contribution in [-0.2, 0) is 6.42 Å². The molecule has 0 spiro atoms. The van der Waals surface area contributed by atoms with Gasteiger partial charge < -0.3 is 5.11 Å². The van der Waals surface area contributed by atoms with Crippen molar-refractivity contribution in [2.45, 2.75) is 77.2 Å². The minimum absolute atomic E-state index is 0.131. The second kappa shape index (κ2) is 11.0. The molecule has 0 aliphatic carbocycles. The average molecular weight is 315 g/mol. The molecule has 120 valence electrons. The number of rotatable bonds is 11. The maximum Gasteiger partial charge on any atom is 0.145 e. The highest BCUT2D eigenvalue weighted by atomic mass is 35.5. The van der Waals surface area contributed by atoms with Crippen molar-refractivity contribution in [1.29, 1.82) is 0 Å². The first-order valence-corrected chi connectivity index (χ1v) is 8.64. The van der Waals surface area contributed by atoms with E-state index in [0.29, 0.717) is 12.0 Å². The van der Waals surface area contributed by atoms with Crippen LogP contribution in [0.25, 0.3) is 0 Å². The van der Waals surface area contributed by atoms with Crippen molar-refractivity contribution in [3.05, 3.63) is 34.6 Å². The zero-order chi connectivity index (χ0) is 15.5. The summed E-state index contributed by atoms with van der Waals surface area (Å²) < 4.78 is 13.7. The largest absolute Gasteiger partial charge is 0.393 e. The molecule has 1 unspecified atom stereocenters. The van der Waals surface area contributed by atoms with Gasteiger partial charge in [-0.3, -0.25) is 0 Å². The van der Waals surface area contributed by atoms with Gasteiger partial charge >= 0.3 is 0 Å². The standard InChI is InChI=1S/C18H28ClFO/c1-2-3-4-5-6-7-8-9-12-16(21)14-15-11-10-13-17(19)18(15)20/h10-11,13,16,21H,2-9,12,14H2,1H3. The molecule has 0 bridgehead atoms. The molecule has 0 aliphatic rings. The Hall–Kier alpha value is -0.600. The summed E-state index contributed by atoms with van der Waals surface area (Å²) >= 11 is 5.74. The molecule has 0 radical (unpaired) electrons. The molecule has 0 heterocycles. The highest BCUT2D eigenvalue weighted by Crippen LogP contribution is 2.20. The zero-order valence-corrected chi connectivity index (χ0v) is 13.8. The lowest BCUT2D eigenvalue weighted by Gasteiger charge is -2.11. The molecule has 1 rings (SSSR count). The summed E-state index contributed by atoms with van der Waals surface area (Å²) in [5.74, 6) is -0.394. The van der Waals surface area contributed by atoms with Crippen molar-refractivity contribution < 1.29 is 9.50 Å². The first kappa shape index (κ1) is 18.4. The molecule has 1 nitrogen and oxygen atoms in total. The Bertz CT molecular complexity index is 395. The van der Waals surface area contributed by atoms with Gasteiger partial charge in [-0.1, -0.05) is 82.0 Å². The van der Waals surface area contributed by atoms with Crippen molar-refractivity contribution in [3.8, 4) is 0 Å². The van der Waals surface area contributed by atoms with Gasteiger partial charge in [-0.15, -0.1) is 0 Å². The lowest BCUT2D eigenvalue weighted by Crippen LogP contribution is -2.11. The molecular weight excluding hydrogens is 287 g/mol. The van der Waals surface area contributed by atoms with E-state index in [2.05, 4.69) is 6.92 Å². The van der Waals surface area contributed by atoms with E-state index in [1.54, 1.807) is 12.1 Å². The summed E-state index contributed by atoms with van der Waals surface area (Å²) in [5, 5.41) is 10.1. The van der Waals surface area contributed by atoms with Gasteiger partial charge in [0.05, 0.1) is 11.1 Å². The van der Waals surface area contributed by atoms with E-state index in [4.69, 9.17) is 11.6 Å². The summed E-state index contributed by atoms with van der Waals surface area (Å²) in [6, 6.07) is 4.95. The highest BCUT2D eigenvalue weighted by molar-refractivity contribution is 6.30. The Morgan fingerprint density at radius 1 is 1.05 bits per heavy atom. The third-order valence-electron chi connectivity index (χ3n) is 3.88. The van der Waals surface area contributed by atoms with E-state index in [9.17, 15) is 9.50 Å². The van der Waals surface area contributed by atoms with Crippen LogP contribution in [0.15, 0.2) is 18.2 Å². The number of benzene rings is 1. The van der Waals surface area contributed by atoms with Gasteiger partial charge in [0, 0.05) is 6.42 Å². The maximum absolute atomic E-state index is 13.7. The minimum atomic E-state index is -0.474. The van der Waals surface area contributed by atoms with Gasteiger partial charge in [0.1, 0.15) is 5.82 Å². The molecular formula is C18H28ClFO. The second-order valence-electron chi connectivity index (χ2n) is 5.83. The predicted octanol–water partition coefficient (Wildman–Crippen LogP) is 5.91. The third-order valence-corrected chi connectivity index (χ3v) is 4.17. The molecule has 21 heavy (non-hydrogen) atoms. The van der Waals surface area contributed by atoms with E-state index in [1.807, 2.05) is 0 Å². The molecule has 0 amide bonds. The van der Waals surface area contributed by atoms with Gasteiger partial charge in [-0.25, -0.2) is 4.39 Å². The van der Waals surface area contributed by atoms with Crippen LogP contribution in [0.2, 0.25) is 5.02 Å². The van der Waals surface area contributed by atoms with Gasteiger partial charge in [0.2, 0.25) is 0 Å². The van der Waals surface area contributed by atoms with Crippen LogP contribution in [0, 0.1) is 5.82 Å². The SMILES string of the molecule is CCCCCCCCCCC(O)Cc1cccc(Cl)c1F. The highest BCUT2D eigenvalue weighted by Gasteiger charge is 2.11. The van der Waals surface area contributed by atoms with E-state index in [-0.39, 0.29) is 5.02 Å². The van der Waals surface area contributed by atoms with Crippen LogP contribution < -0.4 is 0 Å². The number of aliphatic hydroxyl groups is 1. The lowest BCUT2D eigenvalue weighted by molar-refractivity contribution is 0.159. The number of halogens is 2. The summed E-state index contributed by atoms with van der Waals surface area (Å²) in [6.45, 7) is 2.23. The molecule has 0 saturated heterocycles. The third kappa shape index (κ3) is 7.82. The number of aliphatic hydroxyl groups excluding tert-OH is 1. The van der Waals surface area contributed by atoms with Crippen LogP contribution in [0.3, 0.4) is 0 Å². The van der Waals surface area contributed by atoms with E-state index in [0.717, 1.165) is 19.3 Å². The first-order chi connectivity index (χ1) is 10.1. The van der Waals surface area contributed by atoms with Crippen molar-refractivity contribution >= 4 is 11.6 Å². The van der Waals surface area contributed by atoms with Crippen molar-refractivity contribution in [2.24, 2.45) is 0 Å². The zero-order valence-electron chi connectivity index (χ0n) is 13.1. The molecule has 3 heteroatoms. The summed E-state index contributed by atoms with van der Waals surface area (Å²) in [4.78, 5) is 0. The summed E-state index contributed by atoms with van der Waals surface area (Å²) in [7, 11) is 0. The second-order valence-corrected chi connectivity index (χ2v) is 6.24. The van der Waals surface area contributed by atoms with E-state index in [1.165, 1.54) is 44.6 Å². The molecule has 1 N–H and O–H groups in total. The molecule has 0 saturated carbocycles. The fourth-order valence-electron chi connectivity index (χ4n) is 2.58. The first-order valence-electron chi connectivity index (χ1n) is 8.26. The van der Waals surface area contributed by atoms with Crippen LogP contribution in [0.1, 0.15) is 70.3 Å². The number of hydrogen-bond acceptors (Lipinski definition) is 1. The van der Waals surface area contributed by atoms with Crippen molar-refractivity contribution in [1.82, 2.24) is 0 Å². The minimum Gasteiger partial charge on any atom is -0.393 e. The summed E-state index contributed by atoms with van der Waals surface area (Å²) in [5.41, 5.74) is 0.509. The summed E-state index contributed by atoms with van der Waals surface area (Å²) in [6.07, 6.45) is 10.6. The average Bonchev–Trinajstić information content (AvgIpc) is 2.47. The Morgan fingerprint density at radius 3 is 2.33 bits per heavy atom. The Labute approximate surface area is 133 Å². The van der Waals surface area contributed by atoms with Crippen LogP contribution in [-0.4, -0.2) is 11.2 Å². The Morgan fingerprint density at radius 2 is 1.67 bits per heavy atom. The van der Waals surface area contributed by atoms with Crippen LogP contribution >= 0.6 is 11.6 Å². The lowest BCUT2D eigenvalue weighted by atomic mass is 10.0. The number of hydrogen-bond donors (Lipinski definition) is 1. The van der Waals surface area contributed by atoms with Crippen molar-refractivity contribution in [2.75, 3.05) is 0 Å². The predicted molar refractivity (Wildman–Crippen MR) is 88.3 cm³/mol. The quantitative estimate of drug-likeness (QED) is 0.503. The topological polar surface area (TPSA) is 20.2 Å². The molecule has 1 aromatic carbocycles. The molecule has 0 aromatic heterocycles. The molecule has 0 fully saturated rings. The fourth-order valence-corrected chi connectivity index (χ4v) is 2.77. The van der Waals surface area contributed by atoms with Crippen molar-refractivity contribution in [3.63, 3.8) is 0 Å². The number of unbranched alkanes of at least 4 members (excludes halogenated alkanes) is 7. The Kier molecular flexibility index (Phi) is 9.69. The van der Waals surface area contributed by atoms with Gasteiger partial charge in [-0.2, -0.15) is 0 Å². The molecule has 1 atom stereocenters. The maximum atomic E-state index is 13.7. The van der Waals surface area contributed by atoms with Gasteiger partial charge in [0.15, 0.2) is 0 Å². The van der Waals surface area contributed by atoms with Gasteiger partial charge in [-0.05, 0) is 18.1 Å². The van der Waals surface area contributed by atoms with Gasteiger partial charge in [0.25, 0.3) is 0 Å². The normalized spacial score (nSPS) is 12.6. The molecule has 0 aliphatic heterocycles. The van der Waals surface area contributed by atoms with Crippen LogP contribution in [0.4, 0.5) is 4.39 Å². The van der Waals surface area contributed by atoms with Crippen LogP contribution in [0.5, 0.6) is 0 Å². The van der Waals surface area contributed by atoms with E-state index < -0.39 is 11.9 Å². The Balaban J connectivity index is 2.11. The smallest absolute Gasteiger partial charge is 0.145 e. The molecule has 1 aromatic rings. The monoisotopic (exact) mass is 314 g/mol. The van der Waals surface area contributed by atoms with E-state index >= 15 is 0 Å².